The minimum atomic E-state index is 0.0125. The molecule has 19 heavy (non-hydrogen) atoms. The summed E-state index contributed by atoms with van der Waals surface area (Å²) in [4.78, 5) is 12.2. The van der Waals surface area contributed by atoms with Crippen LogP contribution in [-0.2, 0) is 0 Å². The van der Waals surface area contributed by atoms with Crippen molar-refractivity contribution in [1.82, 2.24) is 5.32 Å². The Balaban J connectivity index is 2.16. The fourth-order valence-corrected chi connectivity index (χ4v) is 2.66. The highest BCUT2D eigenvalue weighted by Crippen LogP contribution is 2.16. The van der Waals surface area contributed by atoms with E-state index in [9.17, 15) is 4.79 Å². The van der Waals surface area contributed by atoms with E-state index in [0.29, 0.717) is 0 Å². The summed E-state index contributed by atoms with van der Waals surface area (Å²) in [6.07, 6.45) is 1.90. The highest BCUT2D eigenvalue weighted by Gasteiger charge is 2.11. The van der Waals surface area contributed by atoms with Gasteiger partial charge < -0.3 is 5.32 Å². The molecule has 100 valence electrons. The average molecular weight is 320 g/mol. The molecule has 0 aliphatic heterocycles. The maximum Gasteiger partial charge on any atom is 0.251 e. The standard InChI is InChI=1S/C16H18BrNO/c1-2-15(9-10-17)18-16(19)14-8-7-12-5-3-4-6-13(12)11-14/h3-8,11,15H,2,9-10H2,1H3,(H,18,19). The fourth-order valence-electron chi connectivity index (χ4n) is 2.11. The van der Waals surface area contributed by atoms with Crippen molar-refractivity contribution in [2.75, 3.05) is 5.33 Å². The van der Waals surface area contributed by atoms with E-state index in [-0.39, 0.29) is 11.9 Å². The Morgan fingerprint density at radius 3 is 2.63 bits per heavy atom. The molecule has 0 aliphatic rings. The number of hydrogen-bond donors (Lipinski definition) is 1. The molecule has 0 heterocycles. The molecular formula is C16H18BrNO. The van der Waals surface area contributed by atoms with Gasteiger partial charge in [0.2, 0.25) is 0 Å². The summed E-state index contributed by atoms with van der Waals surface area (Å²) in [5, 5.41) is 6.25. The summed E-state index contributed by atoms with van der Waals surface area (Å²) in [6.45, 7) is 2.09. The van der Waals surface area contributed by atoms with Crippen molar-refractivity contribution in [1.29, 1.82) is 0 Å². The van der Waals surface area contributed by atoms with Crippen LogP contribution in [0, 0.1) is 0 Å². The lowest BCUT2D eigenvalue weighted by atomic mass is 10.1. The minimum Gasteiger partial charge on any atom is -0.349 e. The number of benzene rings is 2. The maximum absolute atomic E-state index is 12.2. The number of carbonyl (C=O) groups is 1. The fraction of sp³-hybridized carbons (Fsp3) is 0.312. The molecule has 0 saturated carbocycles. The molecule has 1 atom stereocenters. The van der Waals surface area contributed by atoms with E-state index >= 15 is 0 Å². The van der Waals surface area contributed by atoms with Crippen molar-refractivity contribution in [3.63, 3.8) is 0 Å². The second kappa shape index (κ2) is 6.71. The third-order valence-corrected chi connectivity index (χ3v) is 3.76. The quantitative estimate of drug-likeness (QED) is 0.825. The third kappa shape index (κ3) is 3.57. The summed E-state index contributed by atoms with van der Waals surface area (Å²) in [5.74, 6) is 0.0125. The summed E-state index contributed by atoms with van der Waals surface area (Å²) in [6, 6.07) is 14.1. The van der Waals surface area contributed by atoms with Gasteiger partial charge >= 0.3 is 0 Å². The zero-order valence-corrected chi connectivity index (χ0v) is 12.6. The molecule has 2 aromatic carbocycles. The third-order valence-electron chi connectivity index (χ3n) is 3.30. The molecule has 0 fully saturated rings. The minimum absolute atomic E-state index is 0.0125. The van der Waals surface area contributed by atoms with Crippen LogP contribution in [0.1, 0.15) is 30.1 Å². The molecule has 0 spiro atoms. The van der Waals surface area contributed by atoms with Crippen molar-refractivity contribution in [2.24, 2.45) is 0 Å². The predicted octanol–water partition coefficient (Wildman–Crippen LogP) is 4.13. The second-order valence-corrected chi connectivity index (χ2v) is 5.41. The first-order chi connectivity index (χ1) is 9.24. The lowest BCUT2D eigenvalue weighted by molar-refractivity contribution is 0.0935. The smallest absolute Gasteiger partial charge is 0.251 e. The molecule has 0 aliphatic carbocycles. The van der Waals surface area contributed by atoms with Crippen LogP contribution in [0.25, 0.3) is 10.8 Å². The SMILES string of the molecule is CCC(CCBr)NC(=O)c1ccc2ccccc2c1. The molecule has 0 aromatic heterocycles. The van der Waals surface area contributed by atoms with Crippen LogP contribution in [-0.4, -0.2) is 17.3 Å². The number of amides is 1. The van der Waals surface area contributed by atoms with Crippen molar-refractivity contribution in [3.05, 3.63) is 48.0 Å². The second-order valence-electron chi connectivity index (χ2n) is 4.62. The molecular weight excluding hydrogens is 302 g/mol. The van der Waals surface area contributed by atoms with E-state index in [2.05, 4.69) is 34.2 Å². The average Bonchev–Trinajstić information content (AvgIpc) is 2.46. The summed E-state index contributed by atoms with van der Waals surface area (Å²) in [5.41, 5.74) is 0.728. The van der Waals surface area contributed by atoms with Crippen LogP contribution >= 0.6 is 15.9 Å². The van der Waals surface area contributed by atoms with Crippen LogP contribution in [0.15, 0.2) is 42.5 Å². The topological polar surface area (TPSA) is 29.1 Å². The Hall–Kier alpha value is -1.35. The van der Waals surface area contributed by atoms with Gasteiger partial charge in [-0.15, -0.1) is 0 Å². The first-order valence-corrected chi connectivity index (χ1v) is 7.72. The number of hydrogen-bond acceptors (Lipinski definition) is 1. The normalized spacial score (nSPS) is 12.3. The van der Waals surface area contributed by atoms with Crippen LogP contribution in [0.5, 0.6) is 0 Å². The zero-order valence-electron chi connectivity index (χ0n) is 11.0. The van der Waals surface area contributed by atoms with Gasteiger partial charge in [-0.3, -0.25) is 4.79 Å². The molecule has 1 amide bonds. The number of nitrogens with one attached hydrogen (secondary N) is 1. The number of carbonyl (C=O) groups excluding carboxylic acids is 1. The monoisotopic (exact) mass is 319 g/mol. The van der Waals surface area contributed by atoms with E-state index in [1.54, 1.807) is 0 Å². The van der Waals surface area contributed by atoms with Gasteiger partial charge in [-0.25, -0.2) is 0 Å². The van der Waals surface area contributed by atoms with E-state index in [1.165, 1.54) is 0 Å². The van der Waals surface area contributed by atoms with Crippen LogP contribution in [0.3, 0.4) is 0 Å². The predicted molar refractivity (Wildman–Crippen MR) is 83.9 cm³/mol. The molecule has 0 radical (unpaired) electrons. The molecule has 2 nitrogen and oxygen atoms in total. The van der Waals surface area contributed by atoms with E-state index in [1.807, 2.05) is 36.4 Å². The molecule has 3 heteroatoms. The molecule has 1 unspecified atom stereocenters. The van der Waals surface area contributed by atoms with Gasteiger partial charge in [0.05, 0.1) is 0 Å². The van der Waals surface area contributed by atoms with E-state index < -0.39 is 0 Å². The van der Waals surface area contributed by atoms with Gasteiger partial charge in [-0.2, -0.15) is 0 Å². The van der Waals surface area contributed by atoms with E-state index in [0.717, 1.165) is 34.5 Å². The van der Waals surface area contributed by atoms with E-state index in [4.69, 9.17) is 0 Å². The maximum atomic E-state index is 12.2. The van der Waals surface area contributed by atoms with Gasteiger partial charge in [-0.1, -0.05) is 53.2 Å². The lowest BCUT2D eigenvalue weighted by Gasteiger charge is -2.15. The zero-order chi connectivity index (χ0) is 13.7. The summed E-state index contributed by atoms with van der Waals surface area (Å²) in [7, 11) is 0. The Labute approximate surface area is 122 Å². The largest absolute Gasteiger partial charge is 0.349 e. The molecule has 0 saturated heterocycles. The van der Waals surface area contributed by atoms with Gasteiger partial charge in [-0.05, 0) is 35.7 Å². The van der Waals surface area contributed by atoms with Crippen molar-refractivity contribution >= 4 is 32.6 Å². The van der Waals surface area contributed by atoms with Gasteiger partial charge in [0, 0.05) is 16.9 Å². The van der Waals surface area contributed by atoms with Gasteiger partial charge in [0.1, 0.15) is 0 Å². The number of alkyl halides is 1. The van der Waals surface area contributed by atoms with Crippen LogP contribution in [0.2, 0.25) is 0 Å². The summed E-state index contributed by atoms with van der Waals surface area (Å²) < 4.78 is 0. The highest BCUT2D eigenvalue weighted by molar-refractivity contribution is 9.09. The first-order valence-electron chi connectivity index (χ1n) is 6.60. The van der Waals surface area contributed by atoms with Crippen molar-refractivity contribution in [2.45, 2.75) is 25.8 Å². The first kappa shape index (κ1) is 14.1. The highest BCUT2D eigenvalue weighted by atomic mass is 79.9. The Morgan fingerprint density at radius 2 is 1.95 bits per heavy atom. The van der Waals surface area contributed by atoms with Crippen molar-refractivity contribution in [3.8, 4) is 0 Å². The van der Waals surface area contributed by atoms with Gasteiger partial charge in [0.15, 0.2) is 0 Å². The van der Waals surface area contributed by atoms with Crippen LogP contribution < -0.4 is 5.32 Å². The molecule has 2 aromatic rings. The molecule has 1 N–H and O–H groups in total. The molecule has 0 bridgehead atoms. The molecule has 2 rings (SSSR count). The van der Waals surface area contributed by atoms with Gasteiger partial charge in [0.25, 0.3) is 5.91 Å². The Kier molecular flexibility index (Phi) is 4.97. The number of fused-ring (bicyclic) bond motifs is 1. The lowest BCUT2D eigenvalue weighted by Crippen LogP contribution is -2.34. The Bertz CT molecular complexity index is 567. The summed E-state index contributed by atoms with van der Waals surface area (Å²) >= 11 is 3.42. The number of halogens is 1. The van der Waals surface area contributed by atoms with Crippen molar-refractivity contribution < 1.29 is 4.79 Å². The van der Waals surface area contributed by atoms with Crippen LogP contribution in [0.4, 0.5) is 0 Å². The number of rotatable bonds is 5. The Morgan fingerprint density at radius 1 is 1.21 bits per heavy atom.